The van der Waals surface area contributed by atoms with Gasteiger partial charge < -0.3 is 5.32 Å². The van der Waals surface area contributed by atoms with Gasteiger partial charge in [0.25, 0.3) is 0 Å². The number of nitrogens with zero attached hydrogens (tertiary/aromatic N) is 1. The number of thioether (sulfide) groups is 1. The normalized spacial score (nSPS) is 11.5. The van der Waals surface area contributed by atoms with Crippen LogP contribution in [-0.2, 0) is 14.8 Å². The van der Waals surface area contributed by atoms with Gasteiger partial charge in [-0.05, 0) is 48.7 Å². The summed E-state index contributed by atoms with van der Waals surface area (Å²) in [4.78, 5) is 13.2. The molecule has 0 aliphatic heterocycles. The maximum absolute atomic E-state index is 12.5. The molecule has 0 spiro atoms. The summed E-state index contributed by atoms with van der Waals surface area (Å²) < 4.78 is 26.9. The van der Waals surface area contributed by atoms with E-state index in [-0.39, 0.29) is 11.4 Å². The zero-order chi connectivity index (χ0) is 17.7. The quantitative estimate of drug-likeness (QED) is 0.715. The van der Waals surface area contributed by atoms with Crippen molar-refractivity contribution < 1.29 is 13.2 Å². The van der Waals surface area contributed by atoms with E-state index >= 15 is 0 Å². The first kappa shape index (κ1) is 19.0. The maximum Gasteiger partial charge on any atom is 0.243 e. The molecule has 2 rings (SSSR count). The van der Waals surface area contributed by atoms with Gasteiger partial charge in [-0.1, -0.05) is 22.0 Å². The van der Waals surface area contributed by atoms with E-state index in [1.54, 1.807) is 42.5 Å². The van der Waals surface area contributed by atoms with Crippen LogP contribution in [-0.4, -0.2) is 38.5 Å². The van der Waals surface area contributed by atoms with E-state index in [1.165, 1.54) is 18.8 Å². The van der Waals surface area contributed by atoms with E-state index in [4.69, 9.17) is 0 Å². The molecule has 128 valence electrons. The van der Waals surface area contributed by atoms with Gasteiger partial charge in [0.1, 0.15) is 0 Å². The van der Waals surface area contributed by atoms with Crippen LogP contribution in [0.5, 0.6) is 0 Å². The Labute approximate surface area is 154 Å². The number of anilines is 1. The summed E-state index contributed by atoms with van der Waals surface area (Å²) >= 11 is 4.85. The molecule has 0 bridgehead atoms. The second-order valence-electron chi connectivity index (χ2n) is 5.00. The molecular weight excluding hydrogens is 412 g/mol. The van der Waals surface area contributed by atoms with Gasteiger partial charge in [-0.2, -0.15) is 4.31 Å². The number of amides is 1. The fourth-order valence-corrected chi connectivity index (χ4v) is 3.92. The summed E-state index contributed by atoms with van der Waals surface area (Å²) in [5.74, 6) is -0.403. The Bertz CT molecular complexity index is 823. The molecule has 0 heterocycles. The molecule has 0 unspecified atom stereocenters. The number of hydrogen-bond donors (Lipinski definition) is 1. The summed E-state index contributed by atoms with van der Waals surface area (Å²) in [7, 11) is -2.32. The fraction of sp³-hybridized carbons (Fsp3) is 0.188. The van der Waals surface area contributed by atoms with Crippen LogP contribution >= 0.6 is 27.7 Å². The highest BCUT2D eigenvalue weighted by atomic mass is 79.9. The third-order valence-electron chi connectivity index (χ3n) is 3.24. The van der Waals surface area contributed by atoms with Gasteiger partial charge in [-0.3, -0.25) is 4.79 Å². The topological polar surface area (TPSA) is 66.5 Å². The molecule has 0 saturated carbocycles. The Morgan fingerprint density at radius 3 is 2.46 bits per heavy atom. The van der Waals surface area contributed by atoms with Crippen molar-refractivity contribution in [2.75, 3.05) is 25.2 Å². The largest absolute Gasteiger partial charge is 0.325 e. The number of hydrogen-bond acceptors (Lipinski definition) is 4. The molecule has 0 radical (unpaired) electrons. The van der Waals surface area contributed by atoms with Crippen LogP contribution in [0.3, 0.4) is 0 Å². The van der Waals surface area contributed by atoms with Gasteiger partial charge >= 0.3 is 0 Å². The van der Waals surface area contributed by atoms with Crippen LogP contribution < -0.4 is 5.32 Å². The van der Waals surface area contributed by atoms with Crippen molar-refractivity contribution in [2.45, 2.75) is 9.79 Å². The van der Waals surface area contributed by atoms with Crippen LogP contribution in [0.15, 0.2) is 62.8 Å². The van der Waals surface area contributed by atoms with Gasteiger partial charge in [0.2, 0.25) is 15.9 Å². The average molecular weight is 429 g/mol. The molecule has 0 aliphatic carbocycles. The molecule has 0 aromatic heterocycles. The van der Waals surface area contributed by atoms with E-state index in [2.05, 4.69) is 21.2 Å². The SMILES string of the molecule is CSc1ccc(S(=O)(=O)N(C)CC(=O)Nc2cccc(Br)c2)cc1. The van der Waals surface area contributed by atoms with Crippen molar-refractivity contribution in [1.82, 2.24) is 4.31 Å². The minimum atomic E-state index is -3.71. The minimum Gasteiger partial charge on any atom is -0.325 e. The van der Waals surface area contributed by atoms with Gasteiger partial charge in [0.15, 0.2) is 0 Å². The Hall–Kier alpha value is -1.35. The van der Waals surface area contributed by atoms with E-state index < -0.39 is 15.9 Å². The fourth-order valence-electron chi connectivity index (χ4n) is 1.98. The van der Waals surface area contributed by atoms with E-state index in [0.29, 0.717) is 5.69 Å². The second kappa shape index (κ2) is 8.15. The van der Waals surface area contributed by atoms with E-state index in [9.17, 15) is 13.2 Å². The molecule has 0 atom stereocenters. The number of rotatable bonds is 6. The summed E-state index contributed by atoms with van der Waals surface area (Å²) in [6.45, 7) is -0.265. The molecule has 2 aromatic rings. The molecule has 2 aromatic carbocycles. The number of sulfonamides is 1. The Balaban J connectivity index is 2.06. The second-order valence-corrected chi connectivity index (χ2v) is 8.84. The lowest BCUT2D eigenvalue weighted by Crippen LogP contribution is -2.34. The summed E-state index contributed by atoms with van der Waals surface area (Å²) in [5.41, 5.74) is 0.601. The van der Waals surface area contributed by atoms with Crippen molar-refractivity contribution in [2.24, 2.45) is 0 Å². The van der Waals surface area contributed by atoms with Crippen LogP contribution in [0.1, 0.15) is 0 Å². The third kappa shape index (κ3) is 4.83. The first-order chi connectivity index (χ1) is 11.3. The first-order valence-electron chi connectivity index (χ1n) is 6.99. The molecule has 1 amide bonds. The lowest BCUT2D eigenvalue weighted by molar-refractivity contribution is -0.116. The van der Waals surface area contributed by atoms with Gasteiger partial charge in [-0.15, -0.1) is 11.8 Å². The van der Waals surface area contributed by atoms with E-state index in [0.717, 1.165) is 13.7 Å². The highest BCUT2D eigenvalue weighted by molar-refractivity contribution is 9.10. The standard InChI is InChI=1S/C16H17BrN2O3S2/c1-19(11-16(20)18-13-5-3-4-12(17)10-13)24(21,22)15-8-6-14(23-2)7-9-15/h3-10H,11H2,1-2H3,(H,18,20). The number of halogens is 1. The average Bonchev–Trinajstić information content (AvgIpc) is 2.54. The van der Waals surface area contributed by atoms with Crippen molar-refractivity contribution in [3.8, 4) is 0 Å². The van der Waals surface area contributed by atoms with Gasteiger partial charge in [-0.25, -0.2) is 8.42 Å². The summed E-state index contributed by atoms with van der Waals surface area (Å²) in [6, 6.07) is 13.7. The highest BCUT2D eigenvalue weighted by Crippen LogP contribution is 2.20. The predicted octanol–water partition coefficient (Wildman–Crippen LogP) is 3.43. The van der Waals surface area contributed by atoms with Crippen LogP contribution in [0, 0.1) is 0 Å². The predicted molar refractivity (Wildman–Crippen MR) is 101 cm³/mol. The highest BCUT2D eigenvalue weighted by Gasteiger charge is 2.22. The number of nitrogens with one attached hydrogen (secondary N) is 1. The van der Waals surface area contributed by atoms with E-state index in [1.807, 2.05) is 12.3 Å². The molecular formula is C16H17BrN2O3S2. The minimum absolute atomic E-state index is 0.165. The third-order valence-corrected chi connectivity index (χ3v) is 6.30. The Morgan fingerprint density at radius 1 is 1.21 bits per heavy atom. The van der Waals surface area contributed by atoms with Crippen molar-refractivity contribution in [1.29, 1.82) is 0 Å². The smallest absolute Gasteiger partial charge is 0.243 e. The molecule has 0 fully saturated rings. The molecule has 0 saturated heterocycles. The van der Waals surface area contributed by atoms with Crippen LogP contribution in [0.2, 0.25) is 0 Å². The Morgan fingerprint density at radius 2 is 1.88 bits per heavy atom. The van der Waals surface area contributed by atoms with Gasteiger partial charge in [0.05, 0.1) is 11.4 Å². The molecule has 0 aliphatic rings. The summed E-state index contributed by atoms with van der Waals surface area (Å²) in [6.07, 6.45) is 1.92. The number of benzene rings is 2. The zero-order valence-corrected chi connectivity index (χ0v) is 16.4. The maximum atomic E-state index is 12.5. The number of carbonyl (C=O) groups excluding carboxylic acids is 1. The zero-order valence-electron chi connectivity index (χ0n) is 13.2. The molecule has 8 heteroatoms. The Kier molecular flexibility index (Phi) is 6.45. The number of likely N-dealkylation sites (N-methyl/N-ethyl adjacent to an activating group) is 1. The molecule has 5 nitrogen and oxygen atoms in total. The van der Waals surface area contributed by atoms with Crippen molar-refractivity contribution in [3.05, 3.63) is 53.0 Å². The lowest BCUT2D eigenvalue weighted by atomic mass is 10.3. The molecule has 1 N–H and O–H groups in total. The van der Waals surface area contributed by atoms with Gasteiger partial charge in [0, 0.05) is 22.1 Å². The van der Waals surface area contributed by atoms with Crippen molar-refractivity contribution >= 4 is 49.3 Å². The molecule has 24 heavy (non-hydrogen) atoms. The summed E-state index contributed by atoms with van der Waals surface area (Å²) in [5, 5.41) is 2.68. The first-order valence-corrected chi connectivity index (χ1v) is 10.4. The van der Waals surface area contributed by atoms with Crippen LogP contribution in [0.4, 0.5) is 5.69 Å². The van der Waals surface area contributed by atoms with Crippen molar-refractivity contribution in [3.63, 3.8) is 0 Å². The monoisotopic (exact) mass is 428 g/mol. The lowest BCUT2D eigenvalue weighted by Gasteiger charge is -2.17. The van der Waals surface area contributed by atoms with Crippen LogP contribution in [0.25, 0.3) is 0 Å². The number of carbonyl (C=O) groups is 1.